The summed E-state index contributed by atoms with van der Waals surface area (Å²) in [7, 11) is 0. The first kappa shape index (κ1) is 7.27. The largest absolute Gasteiger partial charge is 0.314 e. The zero-order valence-corrected chi connectivity index (χ0v) is 5.16. The zero-order chi connectivity index (χ0) is 7.72. The summed E-state index contributed by atoms with van der Waals surface area (Å²) < 4.78 is 36.0. The molecule has 0 N–H and O–H groups in total. The van der Waals surface area contributed by atoms with Crippen molar-refractivity contribution in [2.75, 3.05) is 0 Å². The fourth-order valence-corrected chi connectivity index (χ4v) is 0.455. The lowest BCUT2D eigenvalue weighted by molar-refractivity contribution is 0.439. The van der Waals surface area contributed by atoms with Crippen LogP contribution < -0.4 is 0 Å². The molecule has 2 nitrogen and oxygen atoms in total. The van der Waals surface area contributed by atoms with Crippen molar-refractivity contribution in [1.29, 1.82) is 0 Å². The van der Waals surface area contributed by atoms with Gasteiger partial charge in [-0.3, -0.25) is 0 Å². The highest BCUT2D eigenvalue weighted by Gasteiger charge is 2.10. The standard InChI is InChI=1S/C4ClF3N2/c5-1-2(6)9-4(8)10-3(1)7. The number of hydrogen-bond donors (Lipinski definition) is 0. The molecule has 0 saturated heterocycles. The van der Waals surface area contributed by atoms with Crippen molar-refractivity contribution in [2.24, 2.45) is 0 Å². The van der Waals surface area contributed by atoms with E-state index >= 15 is 0 Å². The Bertz CT molecular complexity index is 242. The van der Waals surface area contributed by atoms with Gasteiger partial charge in [0.15, 0.2) is 5.02 Å². The zero-order valence-electron chi connectivity index (χ0n) is 4.41. The van der Waals surface area contributed by atoms with E-state index in [4.69, 9.17) is 11.6 Å². The smallest absolute Gasteiger partial charge is 0.183 e. The van der Waals surface area contributed by atoms with Gasteiger partial charge in [0.2, 0.25) is 11.9 Å². The minimum absolute atomic E-state index is 0.901. The molecule has 6 heteroatoms. The summed E-state index contributed by atoms with van der Waals surface area (Å²) in [4.78, 5) is 5.04. The molecule has 0 bridgehead atoms. The van der Waals surface area contributed by atoms with Crippen LogP contribution in [0.4, 0.5) is 13.2 Å². The maximum Gasteiger partial charge on any atom is 0.314 e. The molecule has 1 aromatic rings. The molecule has 0 aliphatic carbocycles. The second kappa shape index (κ2) is 2.42. The molecule has 0 radical (unpaired) electrons. The van der Waals surface area contributed by atoms with Gasteiger partial charge in [-0.25, -0.2) is 0 Å². The van der Waals surface area contributed by atoms with Crippen molar-refractivity contribution < 1.29 is 13.2 Å². The molecule has 0 saturated carbocycles. The van der Waals surface area contributed by atoms with Crippen LogP contribution in [0.25, 0.3) is 0 Å². The van der Waals surface area contributed by atoms with Crippen LogP contribution in [-0.4, -0.2) is 9.97 Å². The predicted octanol–water partition coefficient (Wildman–Crippen LogP) is 1.55. The monoisotopic (exact) mass is 168 g/mol. The first-order chi connectivity index (χ1) is 4.61. The van der Waals surface area contributed by atoms with E-state index in [-0.39, 0.29) is 0 Å². The van der Waals surface area contributed by atoms with E-state index in [0.29, 0.717) is 0 Å². The minimum Gasteiger partial charge on any atom is -0.183 e. The first-order valence-electron chi connectivity index (χ1n) is 2.15. The number of nitrogens with zero attached hydrogens (tertiary/aromatic N) is 2. The average molecular weight is 169 g/mol. The van der Waals surface area contributed by atoms with Gasteiger partial charge in [-0.15, -0.1) is 0 Å². The number of aromatic nitrogens is 2. The molecule has 0 fully saturated rings. The van der Waals surface area contributed by atoms with Crippen LogP contribution in [-0.2, 0) is 0 Å². The van der Waals surface area contributed by atoms with Gasteiger partial charge in [0.1, 0.15) is 0 Å². The highest BCUT2D eigenvalue weighted by Crippen LogP contribution is 2.13. The maximum atomic E-state index is 12.1. The summed E-state index contributed by atoms with van der Waals surface area (Å²) in [6.07, 6.45) is -1.47. The van der Waals surface area contributed by atoms with Crippen LogP contribution in [0.15, 0.2) is 0 Å². The van der Waals surface area contributed by atoms with Crippen LogP contribution >= 0.6 is 11.6 Å². The predicted molar refractivity (Wildman–Crippen MR) is 26.9 cm³/mol. The summed E-state index contributed by atoms with van der Waals surface area (Å²) >= 11 is 4.91. The van der Waals surface area contributed by atoms with Gasteiger partial charge in [-0.1, -0.05) is 11.6 Å². The Morgan fingerprint density at radius 1 is 1.00 bits per heavy atom. The van der Waals surface area contributed by atoms with Crippen molar-refractivity contribution >= 4 is 11.6 Å². The van der Waals surface area contributed by atoms with Crippen molar-refractivity contribution in [3.63, 3.8) is 0 Å². The maximum absolute atomic E-state index is 12.1. The Balaban J connectivity index is 3.31. The number of rotatable bonds is 0. The third-order valence-corrected chi connectivity index (χ3v) is 1.05. The van der Waals surface area contributed by atoms with E-state index < -0.39 is 23.0 Å². The molecule has 0 aliphatic rings. The van der Waals surface area contributed by atoms with Gasteiger partial charge >= 0.3 is 6.08 Å². The van der Waals surface area contributed by atoms with Crippen LogP contribution in [0, 0.1) is 18.0 Å². The van der Waals surface area contributed by atoms with Crippen LogP contribution in [0.1, 0.15) is 0 Å². The van der Waals surface area contributed by atoms with Crippen molar-refractivity contribution in [3.8, 4) is 0 Å². The molecule has 1 heterocycles. The minimum atomic E-state index is -1.47. The molecule has 0 aliphatic heterocycles. The molecule has 0 aromatic carbocycles. The SMILES string of the molecule is Fc1nc(F)c(Cl)c(F)n1. The molecule has 0 spiro atoms. The summed E-state index contributed by atoms with van der Waals surface area (Å²) in [6.45, 7) is 0. The van der Waals surface area contributed by atoms with Crippen LogP contribution in [0.5, 0.6) is 0 Å². The Morgan fingerprint density at radius 2 is 1.40 bits per heavy atom. The Kier molecular flexibility index (Phi) is 1.76. The lowest BCUT2D eigenvalue weighted by atomic mass is 10.6. The van der Waals surface area contributed by atoms with Crippen LogP contribution in [0.2, 0.25) is 5.02 Å². The van der Waals surface area contributed by atoms with Gasteiger partial charge in [-0.05, 0) is 0 Å². The summed E-state index contributed by atoms with van der Waals surface area (Å²) in [5.41, 5.74) is 0. The van der Waals surface area contributed by atoms with Crippen molar-refractivity contribution in [2.45, 2.75) is 0 Å². The lowest BCUT2D eigenvalue weighted by Gasteiger charge is -1.92. The third kappa shape index (κ3) is 1.18. The number of hydrogen-bond acceptors (Lipinski definition) is 2. The van der Waals surface area contributed by atoms with Gasteiger partial charge < -0.3 is 0 Å². The normalized spacial score (nSPS) is 10.0. The summed E-state index contributed by atoms with van der Waals surface area (Å²) in [5, 5.41) is -0.901. The first-order valence-corrected chi connectivity index (χ1v) is 2.53. The van der Waals surface area contributed by atoms with E-state index in [9.17, 15) is 13.2 Å². The molecule has 0 unspecified atom stereocenters. The second-order valence-electron chi connectivity index (χ2n) is 1.39. The fraction of sp³-hybridized carbons (Fsp3) is 0. The average Bonchev–Trinajstić information content (AvgIpc) is 1.82. The highest BCUT2D eigenvalue weighted by atomic mass is 35.5. The molecule has 1 rings (SSSR count). The van der Waals surface area contributed by atoms with E-state index in [1.54, 1.807) is 0 Å². The third-order valence-electron chi connectivity index (χ3n) is 0.743. The van der Waals surface area contributed by atoms with E-state index in [0.717, 1.165) is 0 Å². The van der Waals surface area contributed by atoms with E-state index in [1.165, 1.54) is 0 Å². The Hall–Kier alpha value is -0.840. The van der Waals surface area contributed by atoms with Crippen LogP contribution in [0.3, 0.4) is 0 Å². The second-order valence-corrected chi connectivity index (χ2v) is 1.77. The molecule has 0 atom stereocenters. The van der Waals surface area contributed by atoms with Gasteiger partial charge in [0.25, 0.3) is 0 Å². The van der Waals surface area contributed by atoms with Crippen molar-refractivity contribution in [1.82, 2.24) is 9.97 Å². The van der Waals surface area contributed by atoms with Gasteiger partial charge in [-0.2, -0.15) is 23.1 Å². The van der Waals surface area contributed by atoms with E-state index in [1.807, 2.05) is 0 Å². The quantitative estimate of drug-likeness (QED) is 0.434. The molecular formula is C4ClF3N2. The molecule has 10 heavy (non-hydrogen) atoms. The molecular weight excluding hydrogens is 169 g/mol. The lowest BCUT2D eigenvalue weighted by Crippen LogP contribution is -1.97. The summed E-state index contributed by atoms with van der Waals surface area (Å²) in [6, 6.07) is 0. The van der Waals surface area contributed by atoms with Crippen molar-refractivity contribution in [3.05, 3.63) is 23.0 Å². The van der Waals surface area contributed by atoms with Gasteiger partial charge in [0, 0.05) is 0 Å². The fourth-order valence-electron chi connectivity index (χ4n) is 0.370. The Labute approximate surface area is 58.7 Å². The Morgan fingerprint density at radius 3 is 1.80 bits per heavy atom. The number of halogens is 4. The van der Waals surface area contributed by atoms with Gasteiger partial charge in [0.05, 0.1) is 0 Å². The molecule has 1 aromatic heterocycles. The molecule has 0 amide bonds. The summed E-state index contributed by atoms with van der Waals surface area (Å²) in [5.74, 6) is -2.79. The molecule has 54 valence electrons. The highest BCUT2D eigenvalue weighted by molar-refractivity contribution is 6.30. The van der Waals surface area contributed by atoms with E-state index in [2.05, 4.69) is 9.97 Å². The topological polar surface area (TPSA) is 25.8 Å².